The van der Waals surface area contributed by atoms with Gasteiger partial charge in [0.2, 0.25) is 0 Å². The van der Waals surface area contributed by atoms with Crippen LogP contribution in [0.3, 0.4) is 0 Å². The molecule has 1 aliphatic carbocycles. The standard InChI is InChI=1S/C9Br17/c10-1-2(11,12)4(15,16)6(19,20)8(23,24)9(25,26)7(21,22)5(17,18)3(1,13)14. The quantitative estimate of drug-likeness (QED) is 0.212. The van der Waals surface area contributed by atoms with E-state index in [1.54, 1.807) is 0 Å². The van der Waals surface area contributed by atoms with Crippen LogP contribution in [-0.4, -0.2) is 25.9 Å². The Morgan fingerprint density at radius 3 is 0.654 bits per heavy atom. The fourth-order valence-electron chi connectivity index (χ4n) is 1.66. The first-order valence-electron chi connectivity index (χ1n) is 5.46. The maximum Gasteiger partial charge on any atom is 0.135 e. The summed E-state index contributed by atoms with van der Waals surface area (Å²) in [7, 11) is 0. The van der Waals surface area contributed by atoms with Crippen LogP contribution in [0.2, 0.25) is 0 Å². The third kappa shape index (κ3) is 4.52. The molecule has 0 spiro atoms. The second kappa shape index (κ2) is 9.80. The minimum Gasteiger partial charge on any atom is -0.0785 e. The molecule has 0 bridgehead atoms. The van der Waals surface area contributed by atoms with Crippen LogP contribution >= 0.6 is 271 Å². The van der Waals surface area contributed by atoms with E-state index in [4.69, 9.17) is 0 Å². The Bertz CT molecular complexity index is 521. The highest BCUT2D eigenvalue weighted by molar-refractivity contribution is 9.37. The summed E-state index contributed by atoms with van der Waals surface area (Å²) in [5.74, 6) is 0. The summed E-state index contributed by atoms with van der Waals surface area (Å²) in [5, 5.41) is 0. The van der Waals surface area contributed by atoms with E-state index in [0.717, 1.165) is 4.83 Å². The molecule has 0 aromatic rings. The minimum atomic E-state index is -0.923. The lowest BCUT2D eigenvalue weighted by Gasteiger charge is -2.55. The van der Waals surface area contributed by atoms with Gasteiger partial charge in [-0.2, -0.15) is 0 Å². The van der Waals surface area contributed by atoms with Crippen LogP contribution in [-0.2, 0) is 0 Å². The highest BCUT2D eigenvalue weighted by Gasteiger charge is 2.81. The van der Waals surface area contributed by atoms with Crippen molar-refractivity contribution < 1.29 is 0 Å². The molecule has 0 nitrogen and oxygen atoms in total. The molecule has 26 heavy (non-hydrogen) atoms. The Hall–Kier alpha value is 8.16. The Balaban J connectivity index is 4.14. The van der Waals surface area contributed by atoms with Crippen LogP contribution in [0.25, 0.3) is 0 Å². The molecule has 0 unspecified atom stereocenters. The summed E-state index contributed by atoms with van der Waals surface area (Å²) in [6.07, 6.45) is 0. The van der Waals surface area contributed by atoms with E-state index < -0.39 is 25.9 Å². The molecule has 17 heteroatoms. The maximum atomic E-state index is 3.84. The van der Waals surface area contributed by atoms with E-state index in [1.807, 2.05) is 0 Å². The Labute approximate surface area is 294 Å². The van der Waals surface area contributed by atoms with Crippen LogP contribution < -0.4 is 0 Å². The number of halogens is 17. The first kappa shape index (κ1) is 32.2. The van der Waals surface area contributed by atoms with Crippen LogP contribution in [0.5, 0.6) is 0 Å². The highest BCUT2D eigenvalue weighted by atomic mass is 80.0. The molecule has 1 radical (unpaired) electrons. The average molecular weight is 1470 g/mol. The van der Waals surface area contributed by atoms with Gasteiger partial charge in [-0.1, -0.05) is 271 Å². The molecule has 0 saturated heterocycles. The molecule has 0 aliphatic heterocycles. The zero-order valence-corrected chi connectivity index (χ0v) is 37.9. The fourth-order valence-corrected chi connectivity index (χ4v) is 19.9. The van der Waals surface area contributed by atoms with Gasteiger partial charge < -0.3 is 0 Å². The normalized spacial score (nSPS) is 33.6. The molecule has 1 saturated carbocycles. The van der Waals surface area contributed by atoms with Crippen LogP contribution in [0.1, 0.15) is 0 Å². The van der Waals surface area contributed by atoms with Crippen LogP contribution in [0, 0.1) is 4.83 Å². The SMILES string of the molecule is Br[C]1C(Br)(Br)C(Br)(Br)C(Br)(Br)C(Br)(Br)C(Br)(Br)C(Br)(Br)C(Br)(Br)C1(Br)Br. The molecule has 0 N–H and O–H groups in total. The van der Waals surface area contributed by atoms with Gasteiger partial charge in [0.1, 0.15) is 30.7 Å². The molecule has 0 aromatic heterocycles. The topological polar surface area (TPSA) is 0 Å². The summed E-state index contributed by atoms with van der Waals surface area (Å²) in [6, 6.07) is 0. The van der Waals surface area contributed by atoms with Crippen LogP contribution in [0.15, 0.2) is 0 Å². The van der Waals surface area contributed by atoms with Crippen molar-refractivity contribution in [3.63, 3.8) is 0 Å². The molecule has 0 amide bonds. The molecule has 1 aliphatic rings. The van der Waals surface area contributed by atoms with Gasteiger partial charge >= 0.3 is 0 Å². The van der Waals surface area contributed by atoms with Crippen molar-refractivity contribution in [1.82, 2.24) is 0 Å². The number of rotatable bonds is 0. The second-order valence-electron chi connectivity index (χ2n) is 4.91. The molecule has 1 fully saturated rings. The summed E-state index contributed by atoms with van der Waals surface area (Å²) in [4.78, 5) is 0.736. The van der Waals surface area contributed by atoms with E-state index >= 15 is 0 Å². The van der Waals surface area contributed by atoms with E-state index in [-0.39, 0.29) is 0 Å². The van der Waals surface area contributed by atoms with Crippen molar-refractivity contribution in [2.45, 2.75) is 25.9 Å². The smallest absolute Gasteiger partial charge is 0.0785 e. The van der Waals surface area contributed by atoms with Crippen molar-refractivity contribution >= 4 is 271 Å². The number of hydrogen-bond acceptors (Lipinski definition) is 0. The number of hydrogen-bond donors (Lipinski definition) is 0. The maximum absolute atomic E-state index is 3.84. The van der Waals surface area contributed by atoms with Gasteiger partial charge in [0.15, 0.2) is 0 Å². The zero-order valence-electron chi connectivity index (χ0n) is 10.9. The lowest BCUT2D eigenvalue weighted by molar-refractivity contribution is 0.612. The predicted octanol–water partition coefficient (Wildman–Crippen LogP) is 12.8. The summed E-state index contributed by atoms with van der Waals surface area (Å²) >= 11 is 64.9. The predicted molar refractivity (Wildman–Crippen MR) is 177 cm³/mol. The lowest BCUT2D eigenvalue weighted by atomic mass is 10.1. The van der Waals surface area contributed by atoms with Gasteiger partial charge in [-0.15, -0.1) is 0 Å². The van der Waals surface area contributed by atoms with Crippen molar-refractivity contribution in [1.29, 1.82) is 0 Å². The van der Waals surface area contributed by atoms with Gasteiger partial charge in [-0.3, -0.25) is 0 Å². The largest absolute Gasteiger partial charge is 0.135 e. The van der Waals surface area contributed by atoms with E-state index in [9.17, 15) is 0 Å². The van der Waals surface area contributed by atoms with Crippen molar-refractivity contribution in [2.24, 2.45) is 0 Å². The van der Waals surface area contributed by atoms with Gasteiger partial charge in [0.25, 0.3) is 0 Å². The van der Waals surface area contributed by atoms with E-state index in [0.29, 0.717) is 0 Å². The molecular formula is C9Br17. The lowest BCUT2D eigenvalue weighted by Crippen LogP contribution is -2.65. The first-order chi connectivity index (χ1) is 10.9. The molecule has 0 aromatic carbocycles. The Morgan fingerprint density at radius 1 is 0.308 bits per heavy atom. The summed E-state index contributed by atoms with van der Waals surface area (Å²) in [6.45, 7) is 0. The summed E-state index contributed by atoms with van der Waals surface area (Å²) < 4.78 is -7.25. The molecule has 0 heterocycles. The summed E-state index contributed by atoms with van der Waals surface area (Å²) in [5.41, 5.74) is 0. The third-order valence-electron chi connectivity index (χ3n) is 3.31. The van der Waals surface area contributed by atoms with Crippen molar-refractivity contribution in [3.05, 3.63) is 4.83 Å². The average Bonchev–Trinajstić information content (AvgIpc) is 2.43. The Morgan fingerprint density at radius 2 is 0.462 bits per heavy atom. The zero-order chi connectivity index (χ0) is 21.6. The van der Waals surface area contributed by atoms with Crippen molar-refractivity contribution in [2.75, 3.05) is 0 Å². The minimum absolute atomic E-state index is 0.736. The second-order valence-corrected chi connectivity index (χ2v) is 33.2. The van der Waals surface area contributed by atoms with Gasteiger partial charge in [-0.05, 0) is 0 Å². The monoisotopic (exact) mass is 1450 g/mol. The molecular weight excluding hydrogens is 1470 g/mol. The molecule has 0 atom stereocenters. The third-order valence-corrected chi connectivity index (χ3v) is 39.8. The fraction of sp³-hybridized carbons (Fsp3) is 0.889. The van der Waals surface area contributed by atoms with Gasteiger partial charge in [0.05, 0.1) is 0 Å². The van der Waals surface area contributed by atoms with E-state index in [1.165, 1.54) is 0 Å². The Kier molecular flexibility index (Phi) is 12.1. The number of alkyl halides is 16. The first-order valence-corrected chi connectivity index (χ1v) is 18.9. The highest BCUT2D eigenvalue weighted by Crippen LogP contribution is 2.82. The van der Waals surface area contributed by atoms with Gasteiger partial charge in [-0.25, -0.2) is 0 Å². The van der Waals surface area contributed by atoms with Gasteiger partial charge in [0, 0.05) is 0 Å². The van der Waals surface area contributed by atoms with Crippen molar-refractivity contribution in [3.8, 4) is 0 Å². The molecule has 1 rings (SSSR count). The molecule has 155 valence electrons. The van der Waals surface area contributed by atoms with E-state index in [2.05, 4.69) is 271 Å². The van der Waals surface area contributed by atoms with Crippen LogP contribution in [0.4, 0.5) is 0 Å².